The number of hydrogen-bond acceptors (Lipinski definition) is 4. The van der Waals surface area contributed by atoms with Crippen molar-refractivity contribution in [3.8, 4) is 0 Å². The minimum atomic E-state index is 0.150. The molecule has 0 radical (unpaired) electrons. The van der Waals surface area contributed by atoms with Gasteiger partial charge in [0.1, 0.15) is 5.76 Å². The van der Waals surface area contributed by atoms with E-state index in [4.69, 9.17) is 4.52 Å². The first-order valence-electron chi connectivity index (χ1n) is 9.24. The molecule has 0 aromatic carbocycles. The van der Waals surface area contributed by atoms with E-state index in [1.807, 2.05) is 18.7 Å². The molecule has 3 heterocycles. The van der Waals surface area contributed by atoms with Crippen LogP contribution in [0.2, 0.25) is 0 Å². The third-order valence-corrected chi connectivity index (χ3v) is 5.93. The molecule has 132 valence electrons. The maximum Gasteiger partial charge on any atom is 0.317 e. The van der Waals surface area contributed by atoms with Gasteiger partial charge < -0.3 is 14.7 Å². The van der Waals surface area contributed by atoms with Gasteiger partial charge >= 0.3 is 6.03 Å². The fourth-order valence-electron chi connectivity index (χ4n) is 4.33. The number of carbonyl (C=O) groups excluding carboxylic acids is 1. The fraction of sp³-hybridized carbons (Fsp3) is 0.778. The number of likely N-dealkylation sites (tertiary alicyclic amines) is 2. The van der Waals surface area contributed by atoms with Crippen molar-refractivity contribution in [1.29, 1.82) is 0 Å². The van der Waals surface area contributed by atoms with Gasteiger partial charge in [0.15, 0.2) is 0 Å². The predicted molar refractivity (Wildman–Crippen MR) is 90.7 cm³/mol. The Labute approximate surface area is 143 Å². The molecule has 1 N–H and O–H groups in total. The minimum absolute atomic E-state index is 0.150. The van der Waals surface area contributed by atoms with E-state index in [1.165, 1.54) is 18.4 Å². The summed E-state index contributed by atoms with van der Waals surface area (Å²) in [5.74, 6) is 0.934. The van der Waals surface area contributed by atoms with Crippen LogP contribution < -0.4 is 5.32 Å². The molecule has 6 heteroatoms. The van der Waals surface area contributed by atoms with Crippen molar-refractivity contribution in [2.24, 2.45) is 5.41 Å². The average molecular weight is 332 g/mol. The van der Waals surface area contributed by atoms with E-state index in [1.54, 1.807) is 0 Å². The first-order chi connectivity index (χ1) is 11.5. The van der Waals surface area contributed by atoms with Crippen LogP contribution in [-0.4, -0.2) is 53.2 Å². The lowest BCUT2D eigenvalue weighted by atomic mass is 9.79. The maximum absolute atomic E-state index is 12.3. The van der Waals surface area contributed by atoms with Gasteiger partial charge in [-0.15, -0.1) is 0 Å². The lowest BCUT2D eigenvalue weighted by Gasteiger charge is -2.40. The number of amides is 2. The Morgan fingerprint density at radius 1 is 1.29 bits per heavy atom. The van der Waals surface area contributed by atoms with Crippen LogP contribution in [0.3, 0.4) is 0 Å². The van der Waals surface area contributed by atoms with E-state index < -0.39 is 0 Å². The second kappa shape index (κ2) is 6.06. The number of urea groups is 1. The van der Waals surface area contributed by atoms with Crippen LogP contribution in [0, 0.1) is 19.3 Å². The second-order valence-electron chi connectivity index (χ2n) is 8.01. The van der Waals surface area contributed by atoms with Crippen LogP contribution in [-0.2, 0) is 6.54 Å². The molecule has 6 nitrogen and oxygen atoms in total. The Kier molecular flexibility index (Phi) is 4.03. The molecule has 1 spiro atoms. The minimum Gasteiger partial charge on any atom is -0.361 e. The van der Waals surface area contributed by atoms with Crippen molar-refractivity contribution in [2.75, 3.05) is 26.2 Å². The molecule has 3 aliphatic rings. The zero-order chi connectivity index (χ0) is 16.7. The van der Waals surface area contributed by atoms with Gasteiger partial charge in [0.2, 0.25) is 0 Å². The summed E-state index contributed by atoms with van der Waals surface area (Å²) >= 11 is 0. The van der Waals surface area contributed by atoms with Crippen LogP contribution in [0.25, 0.3) is 0 Å². The van der Waals surface area contributed by atoms with Gasteiger partial charge in [-0.05, 0) is 52.5 Å². The van der Waals surface area contributed by atoms with Crippen molar-refractivity contribution in [1.82, 2.24) is 20.3 Å². The van der Waals surface area contributed by atoms with Crippen molar-refractivity contribution in [3.05, 3.63) is 17.0 Å². The van der Waals surface area contributed by atoms with E-state index in [0.717, 1.165) is 63.4 Å². The number of aromatic nitrogens is 1. The highest BCUT2D eigenvalue weighted by molar-refractivity contribution is 5.75. The molecule has 3 fully saturated rings. The van der Waals surface area contributed by atoms with Crippen LogP contribution in [0.1, 0.15) is 49.1 Å². The summed E-state index contributed by atoms with van der Waals surface area (Å²) in [5, 5.41) is 7.21. The summed E-state index contributed by atoms with van der Waals surface area (Å²) in [6, 6.07) is 0.591. The number of rotatable bonds is 3. The van der Waals surface area contributed by atoms with Crippen molar-refractivity contribution in [3.63, 3.8) is 0 Å². The van der Waals surface area contributed by atoms with Gasteiger partial charge in [-0.3, -0.25) is 4.90 Å². The number of aryl methyl sites for hydroxylation is 2. The van der Waals surface area contributed by atoms with Crippen LogP contribution in [0.5, 0.6) is 0 Å². The first kappa shape index (κ1) is 15.9. The SMILES string of the molecule is Cc1noc(C)c1CN1CCC[C@@]2(CCN(C(=O)NC3CC3)C2)C1. The predicted octanol–water partition coefficient (Wildman–Crippen LogP) is 2.45. The molecule has 2 amide bonds. The van der Waals surface area contributed by atoms with Crippen LogP contribution in [0.15, 0.2) is 4.52 Å². The molecule has 0 bridgehead atoms. The maximum atomic E-state index is 12.3. The van der Waals surface area contributed by atoms with Crippen molar-refractivity contribution < 1.29 is 9.32 Å². The quantitative estimate of drug-likeness (QED) is 0.923. The van der Waals surface area contributed by atoms with E-state index in [2.05, 4.69) is 15.4 Å². The molecule has 2 aliphatic heterocycles. The summed E-state index contributed by atoms with van der Waals surface area (Å²) in [7, 11) is 0. The van der Waals surface area contributed by atoms with Gasteiger partial charge in [-0.2, -0.15) is 0 Å². The molecule has 1 aromatic heterocycles. The number of piperidine rings is 1. The second-order valence-corrected chi connectivity index (χ2v) is 8.01. The molecule has 0 unspecified atom stereocenters. The van der Waals surface area contributed by atoms with E-state index in [9.17, 15) is 4.79 Å². The van der Waals surface area contributed by atoms with Crippen molar-refractivity contribution in [2.45, 2.75) is 58.5 Å². The molecular formula is C18H28N4O2. The first-order valence-corrected chi connectivity index (χ1v) is 9.24. The number of nitrogens with zero attached hydrogens (tertiary/aromatic N) is 3. The monoisotopic (exact) mass is 332 g/mol. The lowest BCUT2D eigenvalue weighted by Crippen LogP contribution is -2.46. The Hall–Kier alpha value is -1.56. The Morgan fingerprint density at radius 3 is 2.83 bits per heavy atom. The van der Waals surface area contributed by atoms with E-state index in [-0.39, 0.29) is 11.4 Å². The normalized spacial score (nSPS) is 27.8. The van der Waals surface area contributed by atoms with Gasteiger partial charge in [0.05, 0.1) is 5.69 Å². The number of carbonyl (C=O) groups is 1. The molecule has 1 atom stereocenters. The fourth-order valence-corrected chi connectivity index (χ4v) is 4.33. The standard InChI is InChI=1S/C18H28N4O2/c1-13-16(14(2)24-20-13)10-21-8-3-6-18(11-21)7-9-22(12-18)17(23)19-15-4-5-15/h15H,3-12H2,1-2H3,(H,19,23)/t18-/m1/s1. The summed E-state index contributed by atoms with van der Waals surface area (Å²) < 4.78 is 5.31. The summed E-state index contributed by atoms with van der Waals surface area (Å²) in [6.45, 7) is 8.93. The van der Waals surface area contributed by atoms with E-state index in [0.29, 0.717) is 6.04 Å². The van der Waals surface area contributed by atoms with Crippen molar-refractivity contribution >= 4 is 6.03 Å². The molecule has 1 aromatic rings. The van der Waals surface area contributed by atoms with Gasteiger partial charge in [-0.1, -0.05) is 5.16 Å². The van der Waals surface area contributed by atoms with Gasteiger partial charge in [0.25, 0.3) is 0 Å². The number of nitrogens with one attached hydrogen (secondary N) is 1. The highest BCUT2D eigenvalue weighted by Crippen LogP contribution is 2.39. The molecule has 4 rings (SSSR count). The molecular weight excluding hydrogens is 304 g/mol. The highest BCUT2D eigenvalue weighted by Gasteiger charge is 2.43. The van der Waals surface area contributed by atoms with Gasteiger partial charge in [0, 0.05) is 43.2 Å². The topological polar surface area (TPSA) is 61.6 Å². The third-order valence-electron chi connectivity index (χ3n) is 5.93. The molecule has 24 heavy (non-hydrogen) atoms. The zero-order valence-electron chi connectivity index (χ0n) is 14.8. The summed E-state index contributed by atoms with van der Waals surface area (Å²) in [5.41, 5.74) is 2.51. The average Bonchev–Trinajstić information content (AvgIpc) is 3.21. The summed E-state index contributed by atoms with van der Waals surface area (Å²) in [6.07, 6.45) is 5.87. The molecule has 1 saturated carbocycles. The molecule has 2 saturated heterocycles. The Bertz CT molecular complexity index is 605. The highest BCUT2D eigenvalue weighted by atomic mass is 16.5. The molecule has 1 aliphatic carbocycles. The van der Waals surface area contributed by atoms with Gasteiger partial charge in [-0.25, -0.2) is 4.79 Å². The Morgan fingerprint density at radius 2 is 2.12 bits per heavy atom. The lowest BCUT2D eigenvalue weighted by molar-refractivity contribution is 0.0893. The van der Waals surface area contributed by atoms with Crippen LogP contribution in [0.4, 0.5) is 4.79 Å². The third kappa shape index (κ3) is 3.16. The van der Waals surface area contributed by atoms with Crippen LogP contribution >= 0.6 is 0 Å². The summed E-state index contributed by atoms with van der Waals surface area (Å²) in [4.78, 5) is 16.9. The zero-order valence-corrected chi connectivity index (χ0v) is 14.8. The number of hydrogen-bond donors (Lipinski definition) is 1. The smallest absolute Gasteiger partial charge is 0.317 e. The Balaban J connectivity index is 1.38. The largest absolute Gasteiger partial charge is 0.361 e. The van der Waals surface area contributed by atoms with E-state index >= 15 is 0 Å².